The molecule has 0 aromatic carbocycles. The van der Waals surface area contributed by atoms with Crippen LogP contribution in [-0.4, -0.2) is 83.4 Å². The second-order valence-electron chi connectivity index (χ2n) is 5.74. The van der Waals surface area contributed by atoms with Gasteiger partial charge in [0.15, 0.2) is 6.29 Å². The van der Waals surface area contributed by atoms with E-state index < -0.39 is 43.2 Å². The smallest absolute Gasteiger partial charge is 0.315 e. The Hall–Kier alpha value is -0.910. The summed E-state index contributed by atoms with van der Waals surface area (Å²) < 4.78 is 15.9. The van der Waals surface area contributed by atoms with Gasteiger partial charge in [-0.05, 0) is 19.3 Å². The van der Waals surface area contributed by atoms with Crippen molar-refractivity contribution in [2.24, 2.45) is 0 Å². The third-order valence-electron chi connectivity index (χ3n) is 3.71. The lowest BCUT2D eigenvalue weighted by Crippen LogP contribution is -2.64. The summed E-state index contributed by atoms with van der Waals surface area (Å²) in [4.78, 5) is 22.2. The minimum atomic E-state index is -1.33. The number of aliphatic hydroxyl groups excluding tert-OH is 3. The van der Waals surface area contributed by atoms with Crippen LogP contribution in [0.15, 0.2) is 0 Å². The molecule has 9 nitrogen and oxygen atoms in total. The summed E-state index contributed by atoms with van der Waals surface area (Å²) in [6, 6.07) is -0.938. The zero-order chi connectivity index (χ0) is 18.8. The highest BCUT2D eigenvalue weighted by Gasteiger charge is 2.45. The second-order valence-corrected chi connectivity index (χ2v) is 6.06. The third kappa shape index (κ3) is 7.47. The van der Waals surface area contributed by atoms with Crippen molar-refractivity contribution in [1.29, 1.82) is 0 Å². The maximum atomic E-state index is 11.3. The Morgan fingerprint density at radius 3 is 2.44 bits per heavy atom. The number of ether oxygens (including phenoxy) is 3. The highest BCUT2D eigenvalue weighted by Crippen LogP contribution is 2.22. The van der Waals surface area contributed by atoms with Crippen LogP contribution in [0.5, 0.6) is 0 Å². The molecule has 1 saturated heterocycles. The molecular weight excluding hydrogens is 354 g/mol. The van der Waals surface area contributed by atoms with Gasteiger partial charge in [-0.15, -0.1) is 0 Å². The van der Waals surface area contributed by atoms with Gasteiger partial charge in [0.1, 0.15) is 24.4 Å². The van der Waals surface area contributed by atoms with Crippen LogP contribution < -0.4 is 5.32 Å². The van der Waals surface area contributed by atoms with Gasteiger partial charge in [-0.2, -0.15) is 12.6 Å². The fourth-order valence-corrected chi connectivity index (χ4v) is 2.52. The van der Waals surface area contributed by atoms with Crippen LogP contribution in [-0.2, 0) is 23.8 Å². The number of carbonyl (C=O) groups excluding carboxylic acids is 2. The molecule has 1 amide bonds. The van der Waals surface area contributed by atoms with Crippen LogP contribution in [0, 0.1) is 0 Å². The summed E-state index contributed by atoms with van der Waals surface area (Å²) >= 11 is 3.80. The van der Waals surface area contributed by atoms with E-state index in [4.69, 9.17) is 14.2 Å². The van der Waals surface area contributed by atoms with Gasteiger partial charge in [-0.1, -0.05) is 0 Å². The summed E-state index contributed by atoms with van der Waals surface area (Å²) in [7, 11) is 0. The Labute approximate surface area is 152 Å². The second kappa shape index (κ2) is 11.7. The number of nitrogens with one attached hydrogen (secondary N) is 1. The van der Waals surface area contributed by atoms with E-state index in [1.807, 2.05) is 0 Å². The topological polar surface area (TPSA) is 135 Å². The van der Waals surface area contributed by atoms with Crippen LogP contribution in [0.4, 0.5) is 0 Å². The maximum absolute atomic E-state index is 11.3. The number of esters is 1. The van der Waals surface area contributed by atoms with E-state index in [-0.39, 0.29) is 18.3 Å². The predicted octanol–water partition coefficient (Wildman–Crippen LogP) is -1.41. The quantitative estimate of drug-likeness (QED) is 0.177. The molecule has 0 unspecified atom stereocenters. The van der Waals surface area contributed by atoms with Crippen molar-refractivity contribution in [1.82, 2.24) is 5.32 Å². The average Bonchev–Trinajstić information content (AvgIpc) is 2.59. The van der Waals surface area contributed by atoms with E-state index in [9.17, 15) is 24.9 Å². The van der Waals surface area contributed by atoms with Crippen molar-refractivity contribution >= 4 is 24.5 Å². The van der Waals surface area contributed by atoms with Gasteiger partial charge in [0, 0.05) is 13.5 Å². The van der Waals surface area contributed by atoms with E-state index >= 15 is 0 Å². The van der Waals surface area contributed by atoms with Crippen molar-refractivity contribution in [3.8, 4) is 0 Å². The molecule has 4 N–H and O–H groups in total. The molecule has 0 spiro atoms. The number of aliphatic hydroxyl groups is 3. The van der Waals surface area contributed by atoms with Crippen molar-refractivity contribution in [3.63, 3.8) is 0 Å². The molecule has 10 heteroatoms. The van der Waals surface area contributed by atoms with Crippen LogP contribution >= 0.6 is 12.6 Å². The van der Waals surface area contributed by atoms with Crippen LogP contribution in [0.25, 0.3) is 0 Å². The molecule has 0 aliphatic carbocycles. The molecule has 146 valence electrons. The van der Waals surface area contributed by atoms with Crippen molar-refractivity contribution in [3.05, 3.63) is 0 Å². The molecule has 0 bridgehead atoms. The number of hydrogen-bond acceptors (Lipinski definition) is 9. The van der Waals surface area contributed by atoms with E-state index in [0.717, 1.165) is 6.42 Å². The zero-order valence-corrected chi connectivity index (χ0v) is 15.1. The average molecular weight is 381 g/mol. The van der Waals surface area contributed by atoms with E-state index in [2.05, 4.69) is 17.9 Å². The van der Waals surface area contributed by atoms with Crippen molar-refractivity contribution in [2.75, 3.05) is 25.6 Å². The molecular formula is C15H27NO8S. The lowest BCUT2D eigenvalue weighted by molar-refractivity contribution is -0.270. The molecule has 0 saturated carbocycles. The third-order valence-corrected chi connectivity index (χ3v) is 3.97. The summed E-state index contributed by atoms with van der Waals surface area (Å²) in [6.07, 6.45) is -2.57. The van der Waals surface area contributed by atoms with Gasteiger partial charge in [-0.25, -0.2) is 0 Å². The van der Waals surface area contributed by atoms with Gasteiger partial charge in [0.05, 0.1) is 19.0 Å². The van der Waals surface area contributed by atoms with Crippen LogP contribution in [0.1, 0.15) is 26.2 Å². The molecule has 5 atom stereocenters. The first-order valence-electron chi connectivity index (χ1n) is 8.18. The first kappa shape index (κ1) is 22.1. The number of amides is 1. The summed E-state index contributed by atoms with van der Waals surface area (Å²) in [6.45, 7) is 1.38. The Bertz CT molecular complexity index is 424. The monoisotopic (exact) mass is 381 g/mol. The lowest BCUT2D eigenvalue weighted by atomic mass is 9.97. The molecule has 1 aliphatic heterocycles. The Morgan fingerprint density at radius 2 is 1.84 bits per heavy atom. The highest BCUT2D eigenvalue weighted by molar-refractivity contribution is 7.81. The molecule has 0 radical (unpaired) electrons. The minimum absolute atomic E-state index is 0.0485. The van der Waals surface area contributed by atoms with Crippen molar-refractivity contribution < 1.29 is 39.1 Å². The van der Waals surface area contributed by atoms with E-state index in [0.29, 0.717) is 19.4 Å². The fraction of sp³-hybridized carbons (Fsp3) is 0.867. The molecule has 1 aliphatic rings. The van der Waals surface area contributed by atoms with Gasteiger partial charge in [0.25, 0.3) is 0 Å². The Kier molecular flexibility index (Phi) is 10.3. The van der Waals surface area contributed by atoms with Crippen LogP contribution in [0.3, 0.4) is 0 Å². The number of rotatable bonds is 10. The number of hydrogen-bond donors (Lipinski definition) is 5. The Morgan fingerprint density at radius 1 is 1.16 bits per heavy atom. The first-order valence-corrected chi connectivity index (χ1v) is 8.81. The number of thiol groups is 1. The molecule has 1 rings (SSSR count). The van der Waals surface area contributed by atoms with E-state index in [1.54, 1.807) is 0 Å². The van der Waals surface area contributed by atoms with Crippen LogP contribution in [0.2, 0.25) is 0 Å². The normalized spacial score (nSPS) is 29.2. The number of unbranched alkanes of at least 4 members (excludes halogenated alkanes) is 2. The van der Waals surface area contributed by atoms with E-state index in [1.165, 1.54) is 6.92 Å². The van der Waals surface area contributed by atoms with Gasteiger partial charge < -0.3 is 34.8 Å². The Balaban J connectivity index is 2.39. The standard InChI is InChI=1S/C15H27NO8S/c1-9(18)16-12-14(21)13(20)10(7-17)24-15(12)23-6-4-2-3-5-22-11(19)8-25/h10,12-15,17,20-21,25H,2-8H2,1H3,(H,16,18)/t10-,12+,13+,14-,15+/m1/s1. The minimum Gasteiger partial charge on any atom is -0.465 e. The zero-order valence-electron chi connectivity index (χ0n) is 14.2. The van der Waals surface area contributed by atoms with Crippen molar-refractivity contribution in [2.45, 2.75) is 56.8 Å². The summed E-state index contributed by atoms with van der Waals surface area (Å²) in [5.74, 6) is -0.717. The number of carbonyl (C=O) groups is 2. The SMILES string of the molecule is CC(=O)N[C@@H]1[C@@H](OCCCCCOC(=O)CS)O[C@H](CO)[C@H](O)[C@@H]1O. The van der Waals surface area contributed by atoms with Gasteiger partial charge in [0.2, 0.25) is 5.91 Å². The largest absolute Gasteiger partial charge is 0.465 e. The van der Waals surface area contributed by atoms with Gasteiger partial charge >= 0.3 is 5.97 Å². The predicted molar refractivity (Wildman–Crippen MR) is 90.0 cm³/mol. The fourth-order valence-electron chi connectivity index (χ4n) is 2.42. The molecule has 0 aromatic rings. The summed E-state index contributed by atoms with van der Waals surface area (Å²) in [5.41, 5.74) is 0. The lowest BCUT2D eigenvalue weighted by Gasteiger charge is -2.42. The first-order chi connectivity index (χ1) is 11.9. The molecule has 0 aromatic heterocycles. The summed E-state index contributed by atoms with van der Waals surface area (Å²) in [5, 5.41) is 31.7. The molecule has 1 heterocycles. The van der Waals surface area contributed by atoms with Gasteiger partial charge in [-0.3, -0.25) is 9.59 Å². The highest BCUT2D eigenvalue weighted by atomic mass is 32.1. The molecule has 25 heavy (non-hydrogen) atoms. The molecule has 1 fully saturated rings. The maximum Gasteiger partial charge on any atom is 0.315 e.